The second kappa shape index (κ2) is 5.67. The van der Waals surface area contributed by atoms with Gasteiger partial charge in [-0.1, -0.05) is 0 Å². The second-order valence-corrected chi connectivity index (χ2v) is 3.81. The van der Waals surface area contributed by atoms with Gasteiger partial charge in [0.05, 0.1) is 0 Å². The Balaban J connectivity index is 2.63. The topological polar surface area (TPSA) is 55.1 Å². The number of carbonyl (C=O) groups is 1. The molecule has 1 rings (SSSR count). The van der Waals surface area contributed by atoms with Crippen molar-refractivity contribution in [3.63, 3.8) is 0 Å². The Morgan fingerprint density at radius 1 is 1.29 bits per heavy atom. The molecule has 6 heteroatoms. The lowest BCUT2D eigenvalue weighted by molar-refractivity contribution is -0.118. The van der Waals surface area contributed by atoms with Gasteiger partial charge < -0.3 is 11.1 Å². The summed E-state index contributed by atoms with van der Waals surface area (Å²) >= 11 is 0. The van der Waals surface area contributed by atoms with Crippen LogP contribution < -0.4 is 11.1 Å². The molecule has 0 spiro atoms. The minimum atomic E-state index is -1.23. The minimum absolute atomic E-state index is 0.000204. The molecule has 3 N–H and O–H groups in total. The van der Waals surface area contributed by atoms with Crippen LogP contribution in [0.1, 0.15) is 18.9 Å². The fourth-order valence-electron chi connectivity index (χ4n) is 1.36. The Morgan fingerprint density at radius 3 is 2.47 bits per heavy atom. The van der Waals surface area contributed by atoms with Crippen molar-refractivity contribution in [2.45, 2.75) is 25.9 Å². The van der Waals surface area contributed by atoms with E-state index in [2.05, 4.69) is 5.32 Å². The van der Waals surface area contributed by atoms with Crippen LogP contribution in [0.2, 0.25) is 0 Å². The fourth-order valence-corrected chi connectivity index (χ4v) is 1.36. The molecule has 0 aliphatic rings. The average Bonchev–Trinajstić information content (AvgIpc) is 2.20. The molecule has 17 heavy (non-hydrogen) atoms. The first kappa shape index (κ1) is 13.5. The first-order chi connectivity index (χ1) is 7.90. The molecule has 0 fully saturated rings. The van der Waals surface area contributed by atoms with Crippen LogP contribution in [0, 0.1) is 17.5 Å². The van der Waals surface area contributed by atoms with Crippen molar-refractivity contribution >= 4 is 5.91 Å². The van der Waals surface area contributed by atoms with Crippen LogP contribution in [0.15, 0.2) is 12.1 Å². The smallest absolute Gasteiger partial charge is 0.218 e. The van der Waals surface area contributed by atoms with Gasteiger partial charge in [0.2, 0.25) is 5.91 Å². The predicted molar refractivity (Wildman–Crippen MR) is 56.4 cm³/mol. The summed E-state index contributed by atoms with van der Waals surface area (Å²) in [6.45, 7) is 1.68. The molecular weight excluding hydrogens is 233 g/mol. The van der Waals surface area contributed by atoms with Gasteiger partial charge >= 0.3 is 0 Å². The molecule has 1 atom stereocenters. The van der Waals surface area contributed by atoms with Gasteiger partial charge in [-0.3, -0.25) is 4.79 Å². The maximum absolute atomic E-state index is 13.2. The molecule has 0 aliphatic carbocycles. The zero-order valence-corrected chi connectivity index (χ0v) is 9.27. The molecular formula is C11H13F3N2O. The van der Waals surface area contributed by atoms with Crippen molar-refractivity contribution < 1.29 is 18.0 Å². The molecule has 3 nitrogen and oxygen atoms in total. The van der Waals surface area contributed by atoms with Gasteiger partial charge in [0.1, 0.15) is 5.82 Å². The van der Waals surface area contributed by atoms with Crippen molar-refractivity contribution in [2.75, 3.05) is 0 Å². The van der Waals surface area contributed by atoms with Crippen molar-refractivity contribution in [2.24, 2.45) is 5.73 Å². The highest BCUT2D eigenvalue weighted by Crippen LogP contribution is 2.13. The summed E-state index contributed by atoms with van der Waals surface area (Å²) < 4.78 is 38.7. The molecule has 0 radical (unpaired) electrons. The lowest BCUT2D eigenvalue weighted by Gasteiger charge is -2.12. The molecule has 0 aliphatic heterocycles. The lowest BCUT2D eigenvalue weighted by atomic mass is 10.1. The molecule has 1 aromatic carbocycles. The fraction of sp³-hybridized carbons (Fsp3) is 0.364. The van der Waals surface area contributed by atoms with E-state index < -0.39 is 23.4 Å². The normalized spacial score (nSPS) is 12.5. The van der Waals surface area contributed by atoms with Crippen molar-refractivity contribution in [1.82, 2.24) is 5.32 Å². The lowest BCUT2D eigenvalue weighted by Crippen LogP contribution is -2.30. The highest BCUT2D eigenvalue weighted by atomic mass is 19.2. The van der Waals surface area contributed by atoms with Gasteiger partial charge in [-0.15, -0.1) is 0 Å². The third-order valence-corrected chi connectivity index (χ3v) is 2.24. The summed E-state index contributed by atoms with van der Waals surface area (Å²) in [4.78, 5) is 10.6. The van der Waals surface area contributed by atoms with Crippen LogP contribution >= 0.6 is 0 Å². The van der Waals surface area contributed by atoms with Gasteiger partial charge in [-0.25, -0.2) is 13.2 Å². The molecule has 1 aromatic rings. The van der Waals surface area contributed by atoms with Gasteiger partial charge in [0, 0.05) is 30.6 Å². The van der Waals surface area contributed by atoms with Crippen molar-refractivity contribution in [3.05, 3.63) is 35.1 Å². The van der Waals surface area contributed by atoms with E-state index in [-0.39, 0.29) is 24.6 Å². The Labute approximate surface area is 96.8 Å². The summed E-state index contributed by atoms with van der Waals surface area (Å²) in [7, 11) is 0. The number of rotatable bonds is 5. The number of carbonyl (C=O) groups excluding carboxylic acids is 1. The largest absolute Gasteiger partial charge is 0.370 e. The van der Waals surface area contributed by atoms with E-state index in [1.807, 2.05) is 0 Å². The SMILES string of the molecule is CC(CC(N)=O)NCc1cc(F)c(F)cc1F. The highest BCUT2D eigenvalue weighted by molar-refractivity contribution is 5.74. The predicted octanol–water partition coefficient (Wildman–Crippen LogP) is 1.46. The van der Waals surface area contributed by atoms with Crippen LogP contribution in [-0.4, -0.2) is 11.9 Å². The maximum atomic E-state index is 13.2. The summed E-state index contributed by atoms with van der Waals surface area (Å²) in [6.07, 6.45) is 0.0886. The average molecular weight is 246 g/mol. The molecule has 1 unspecified atom stereocenters. The number of primary amides is 1. The number of hydrogen-bond donors (Lipinski definition) is 2. The van der Waals surface area contributed by atoms with E-state index in [0.29, 0.717) is 6.07 Å². The van der Waals surface area contributed by atoms with E-state index >= 15 is 0 Å². The highest BCUT2D eigenvalue weighted by Gasteiger charge is 2.11. The molecule has 0 aromatic heterocycles. The van der Waals surface area contributed by atoms with Crippen LogP contribution in [0.5, 0.6) is 0 Å². The first-order valence-electron chi connectivity index (χ1n) is 5.05. The number of nitrogens with two attached hydrogens (primary N) is 1. The number of halogens is 3. The molecule has 0 saturated heterocycles. The van der Waals surface area contributed by atoms with E-state index in [1.165, 1.54) is 0 Å². The van der Waals surface area contributed by atoms with Gasteiger partial charge in [-0.2, -0.15) is 0 Å². The summed E-state index contributed by atoms with van der Waals surface area (Å²) in [5.74, 6) is -3.65. The number of nitrogens with one attached hydrogen (secondary N) is 1. The van der Waals surface area contributed by atoms with Crippen LogP contribution in [0.4, 0.5) is 13.2 Å². The quantitative estimate of drug-likeness (QED) is 0.773. The molecule has 1 amide bonds. The third kappa shape index (κ3) is 4.07. The number of benzene rings is 1. The van der Waals surface area contributed by atoms with Crippen LogP contribution in [0.25, 0.3) is 0 Å². The molecule has 0 bridgehead atoms. The van der Waals surface area contributed by atoms with Gasteiger partial charge in [-0.05, 0) is 13.0 Å². The minimum Gasteiger partial charge on any atom is -0.370 e. The Bertz CT molecular complexity index is 423. The van der Waals surface area contributed by atoms with Gasteiger partial charge in [0.15, 0.2) is 11.6 Å². The molecule has 94 valence electrons. The monoisotopic (exact) mass is 246 g/mol. The van der Waals surface area contributed by atoms with Gasteiger partial charge in [0.25, 0.3) is 0 Å². The standard InChI is InChI=1S/C11H13F3N2O/c1-6(2-11(15)17)16-5-7-3-9(13)10(14)4-8(7)12/h3-4,6,16H,2,5H2,1H3,(H2,15,17). The Kier molecular flexibility index (Phi) is 4.51. The van der Waals surface area contributed by atoms with E-state index in [9.17, 15) is 18.0 Å². The zero-order valence-electron chi connectivity index (χ0n) is 9.27. The molecule has 0 heterocycles. The zero-order chi connectivity index (χ0) is 13.0. The number of hydrogen-bond acceptors (Lipinski definition) is 2. The van der Waals surface area contributed by atoms with Crippen LogP contribution in [-0.2, 0) is 11.3 Å². The first-order valence-corrected chi connectivity index (χ1v) is 5.05. The number of amides is 1. The summed E-state index contributed by atoms with van der Waals surface area (Å²) in [5.41, 5.74) is 4.97. The van der Waals surface area contributed by atoms with Crippen LogP contribution in [0.3, 0.4) is 0 Å². The Hall–Kier alpha value is -1.56. The van der Waals surface area contributed by atoms with E-state index in [0.717, 1.165) is 6.07 Å². The van der Waals surface area contributed by atoms with Crippen molar-refractivity contribution in [3.8, 4) is 0 Å². The third-order valence-electron chi connectivity index (χ3n) is 2.24. The maximum Gasteiger partial charge on any atom is 0.218 e. The van der Waals surface area contributed by atoms with E-state index in [4.69, 9.17) is 5.73 Å². The van der Waals surface area contributed by atoms with E-state index in [1.54, 1.807) is 6.92 Å². The second-order valence-electron chi connectivity index (χ2n) is 3.81. The van der Waals surface area contributed by atoms with Crippen molar-refractivity contribution in [1.29, 1.82) is 0 Å². The summed E-state index contributed by atoms with van der Waals surface area (Å²) in [5, 5.41) is 2.79. The summed E-state index contributed by atoms with van der Waals surface area (Å²) in [6, 6.07) is 1.01. The molecule has 0 saturated carbocycles. The Morgan fingerprint density at radius 2 is 1.88 bits per heavy atom.